The van der Waals surface area contributed by atoms with Gasteiger partial charge in [-0.2, -0.15) is 0 Å². The van der Waals surface area contributed by atoms with E-state index in [9.17, 15) is 9.59 Å². The largest absolute Gasteiger partial charge is 0.379 e. The number of carbonyl (C=O) groups is 2. The van der Waals surface area contributed by atoms with Crippen LogP contribution < -0.4 is 0 Å². The molecule has 2 aliphatic heterocycles. The highest BCUT2D eigenvalue weighted by atomic mass is 16.5. The Morgan fingerprint density at radius 2 is 1.66 bits per heavy atom. The zero-order valence-corrected chi connectivity index (χ0v) is 18.9. The van der Waals surface area contributed by atoms with Crippen LogP contribution in [-0.4, -0.2) is 71.9 Å². The van der Waals surface area contributed by atoms with Gasteiger partial charge in [-0.25, -0.2) is 0 Å². The molecular formula is C26H33N3O3. The number of morpholine rings is 1. The molecule has 4 rings (SSSR count). The van der Waals surface area contributed by atoms with Crippen LogP contribution >= 0.6 is 0 Å². The quantitative estimate of drug-likeness (QED) is 0.640. The molecule has 0 saturated carbocycles. The van der Waals surface area contributed by atoms with Crippen molar-refractivity contribution in [1.82, 2.24) is 14.7 Å². The molecule has 2 unspecified atom stereocenters. The molecule has 2 heterocycles. The summed E-state index contributed by atoms with van der Waals surface area (Å²) in [5.74, 6) is -0.145. The van der Waals surface area contributed by atoms with Crippen LogP contribution in [0.3, 0.4) is 0 Å². The standard InChI is InChI=1S/C26H33N3O3/c1-21(17-27-12-14-32-15-13-27)29(19-23-10-6-3-7-11-23)26(31)24-16-25(30)28(20-24)18-22-8-4-2-5-9-22/h2-11,21,24H,12-20H2,1H3. The predicted octanol–water partition coefficient (Wildman–Crippen LogP) is 2.78. The lowest BCUT2D eigenvalue weighted by molar-refractivity contribution is -0.139. The molecule has 2 aromatic rings. The molecular weight excluding hydrogens is 402 g/mol. The van der Waals surface area contributed by atoms with E-state index in [1.165, 1.54) is 0 Å². The average Bonchev–Trinajstić information content (AvgIpc) is 3.19. The third-order valence-electron chi connectivity index (χ3n) is 6.42. The maximum Gasteiger partial charge on any atom is 0.228 e. The van der Waals surface area contributed by atoms with Crippen LogP contribution in [0.4, 0.5) is 0 Å². The first-order chi connectivity index (χ1) is 15.6. The van der Waals surface area contributed by atoms with Crippen molar-refractivity contribution in [3.8, 4) is 0 Å². The van der Waals surface area contributed by atoms with E-state index in [2.05, 4.69) is 24.0 Å². The first-order valence-corrected chi connectivity index (χ1v) is 11.6. The van der Waals surface area contributed by atoms with E-state index in [4.69, 9.17) is 4.74 Å². The molecule has 2 fully saturated rings. The van der Waals surface area contributed by atoms with Crippen LogP contribution in [-0.2, 0) is 27.4 Å². The fourth-order valence-corrected chi connectivity index (χ4v) is 4.62. The molecule has 0 radical (unpaired) electrons. The number of rotatable bonds is 8. The van der Waals surface area contributed by atoms with Gasteiger partial charge >= 0.3 is 0 Å². The van der Waals surface area contributed by atoms with Gasteiger partial charge in [-0.3, -0.25) is 14.5 Å². The van der Waals surface area contributed by atoms with Gasteiger partial charge in [0.25, 0.3) is 0 Å². The second-order valence-corrected chi connectivity index (χ2v) is 8.87. The van der Waals surface area contributed by atoms with Crippen LogP contribution in [0.1, 0.15) is 24.5 Å². The van der Waals surface area contributed by atoms with Crippen molar-refractivity contribution in [3.63, 3.8) is 0 Å². The highest BCUT2D eigenvalue weighted by Crippen LogP contribution is 2.24. The number of amides is 2. The molecule has 32 heavy (non-hydrogen) atoms. The van der Waals surface area contributed by atoms with Gasteiger partial charge in [-0.1, -0.05) is 60.7 Å². The Hall–Kier alpha value is -2.70. The van der Waals surface area contributed by atoms with Crippen LogP contribution in [0.15, 0.2) is 60.7 Å². The second kappa shape index (κ2) is 10.7. The molecule has 6 heteroatoms. The lowest BCUT2D eigenvalue weighted by atomic mass is 10.0. The van der Waals surface area contributed by atoms with Gasteiger partial charge in [0.15, 0.2) is 0 Å². The molecule has 2 aromatic carbocycles. The van der Waals surface area contributed by atoms with Crippen molar-refractivity contribution in [2.24, 2.45) is 5.92 Å². The first-order valence-electron chi connectivity index (χ1n) is 11.6. The topological polar surface area (TPSA) is 53.1 Å². The summed E-state index contributed by atoms with van der Waals surface area (Å²) in [4.78, 5) is 32.5. The fraction of sp³-hybridized carbons (Fsp3) is 0.462. The van der Waals surface area contributed by atoms with E-state index < -0.39 is 0 Å². The van der Waals surface area contributed by atoms with E-state index in [1.807, 2.05) is 58.3 Å². The molecule has 0 N–H and O–H groups in total. The van der Waals surface area contributed by atoms with Gasteiger partial charge in [0.05, 0.1) is 19.1 Å². The van der Waals surface area contributed by atoms with Crippen molar-refractivity contribution in [2.75, 3.05) is 39.4 Å². The molecule has 0 bridgehead atoms. The summed E-state index contributed by atoms with van der Waals surface area (Å²) in [6.45, 7) is 7.82. The van der Waals surface area contributed by atoms with E-state index in [-0.39, 0.29) is 23.8 Å². The van der Waals surface area contributed by atoms with Gasteiger partial charge in [-0.05, 0) is 18.1 Å². The Bertz CT molecular complexity index is 884. The van der Waals surface area contributed by atoms with Gasteiger partial charge < -0.3 is 14.5 Å². The number of ether oxygens (including phenoxy) is 1. The monoisotopic (exact) mass is 435 g/mol. The van der Waals surface area contributed by atoms with E-state index in [1.54, 1.807) is 0 Å². The number of hydrogen-bond donors (Lipinski definition) is 0. The molecule has 2 atom stereocenters. The number of nitrogens with zero attached hydrogens (tertiary/aromatic N) is 3. The summed E-state index contributed by atoms with van der Waals surface area (Å²) in [5.41, 5.74) is 2.20. The minimum atomic E-state index is -0.290. The normalized spacial score (nSPS) is 20.3. The molecule has 0 aromatic heterocycles. The van der Waals surface area contributed by atoms with Crippen molar-refractivity contribution in [2.45, 2.75) is 32.5 Å². The summed E-state index contributed by atoms with van der Waals surface area (Å²) in [6, 6.07) is 20.1. The second-order valence-electron chi connectivity index (χ2n) is 8.87. The van der Waals surface area contributed by atoms with Crippen molar-refractivity contribution < 1.29 is 14.3 Å². The third kappa shape index (κ3) is 5.75. The summed E-state index contributed by atoms with van der Waals surface area (Å²) in [6.07, 6.45) is 0.293. The highest BCUT2D eigenvalue weighted by Gasteiger charge is 2.38. The van der Waals surface area contributed by atoms with Crippen molar-refractivity contribution >= 4 is 11.8 Å². The lowest BCUT2D eigenvalue weighted by Crippen LogP contribution is -2.49. The van der Waals surface area contributed by atoms with Crippen LogP contribution in [0.5, 0.6) is 0 Å². The van der Waals surface area contributed by atoms with Crippen molar-refractivity contribution in [3.05, 3.63) is 71.8 Å². The predicted molar refractivity (Wildman–Crippen MR) is 124 cm³/mol. The maximum absolute atomic E-state index is 13.7. The lowest BCUT2D eigenvalue weighted by Gasteiger charge is -2.36. The van der Waals surface area contributed by atoms with Crippen molar-refractivity contribution in [1.29, 1.82) is 0 Å². The summed E-state index contributed by atoms with van der Waals surface area (Å²) in [7, 11) is 0. The molecule has 0 spiro atoms. The Kier molecular flexibility index (Phi) is 7.55. The summed E-state index contributed by atoms with van der Waals surface area (Å²) >= 11 is 0. The number of hydrogen-bond acceptors (Lipinski definition) is 4. The number of carbonyl (C=O) groups excluding carboxylic acids is 2. The Labute approximate surface area is 190 Å². The molecule has 2 amide bonds. The van der Waals surface area contributed by atoms with Gasteiger partial charge in [-0.15, -0.1) is 0 Å². The molecule has 2 saturated heterocycles. The van der Waals surface area contributed by atoms with Crippen LogP contribution in [0.2, 0.25) is 0 Å². The molecule has 2 aliphatic rings. The minimum absolute atomic E-state index is 0.0547. The Balaban J connectivity index is 1.45. The van der Waals surface area contributed by atoms with Gasteiger partial charge in [0, 0.05) is 51.7 Å². The fourth-order valence-electron chi connectivity index (χ4n) is 4.62. The zero-order valence-electron chi connectivity index (χ0n) is 18.9. The number of likely N-dealkylation sites (tertiary alicyclic amines) is 1. The van der Waals surface area contributed by atoms with Gasteiger partial charge in [0.1, 0.15) is 0 Å². The summed E-state index contributed by atoms with van der Waals surface area (Å²) in [5, 5.41) is 0. The first kappa shape index (κ1) is 22.5. The van der Waals surface area contributed by atoms with E-state index >= 15 is 0 Å². The molecule has 0 aliphatic carbocycles. The van der Waals surface area contributed by atoms with Crippen LogP contribution in [0, 0.1) is 5.92 Å². The minimum Gasteiger partial charge on any atom is -0.379 e. The smallest absolute Gasteiger partial charge is 0.228 e. The average molecular weight is 436 g/mol. The SMILES string of the molecule is CC(CN1CCOCC1)N(Cc1ccccc1)C(=O)C1CC(=O)N(Cc2ccccc2)C1. The Morgan fingerprint density at radius 3 is 2.31 bits per heavy atom. The van der Waals surface area contributed by atoms with Crippen LogP contribution in [0.25, 0.3) is 0 Å². The van der Waals surface area contributed by atoms with E-state index in [0.717, 1.165) is 44.0 Å². The summed E-state index contributed by atoms with van der Waals surface area (Å²) < 4.78 is 5.47. The maximum atomic E-state index is 13.7. The Morgan fingerprint density at radius 1 is 1.03 bits per heavy atom. The number of benzene rings is 2. The molecule has 6 nitrogen and oxygen atoms in total. The van der Waals surface area contributed by atoms with Gasteiger partial charge in [0.2, 0.25) is 11.8 Å². The molecule has 170 valence electrons. The highest BCUT2D eigenvalue weighted by molar-refractivity contribution is 5.89. The third-order valence-corrected chi connectivity index (χ3v) is 6.42. The van der Waals surface area contributed by atoms with E-state index in [0.29, 0.717) is 26.1 Å². The zero-order chi connectivity index (χ0) is 22.3.